The first-order valence-corrected chi connectivity index (χ1v) is 29.9. The van der Waals surface area contributed by atoms with Gasteiger partial charge in [0.25, 0.3) is 0 Å². The van der Waals surface area contributed by atoms with Crippen molar-refractivity contribution in [3.8, 4) is 0 Å². The third kappa shape index (κ3) is 40.0. The van der Waals surface area contributed by atoms with Crippen molar-refractivity contribution in [2.75, 3.05) is 19.8 Å². The van der Waals surface area contributed by atoms with Gasteiger partial charge in [0.1, 0.15) is 24.4 Å². The topological polar surface area (TPSA) is 175 Å². The standard InChI is InChI=1S/C61H111NO10/c1-3-5-7-9-11-13-14-15-22-26-29-33-37-41-45-49-57(66)70-50-46-42-38-34-30-27-24-21-19-17-16-18-20-23-25-28-32-36-40-44-48-56(65)62-53(54(64)47-43-39-35-31-12-10-8-6-4-2)52-71-61-60(69)59(68)58(67)55(51-63)72-61/h4,6,12,16,18,31,43,47,53-55,58-61,63-64,67-69H,3,5,7-11,13-15,17,19-30,32-42,44-46,48-52H2,1-2H3,(H,62,65)/b6-4+,18-16-,31-12+,47-43+. The van der Waals surface area contributed by atoms with Crippen LogP contribution in [0, 0.1) is 0 Å². The molecule has 7 unspecified atom stereocenters. The lowest BCUT2D eigenvalue weighted by Crippen LogP contribution is -2.60. The zero-order valence-corrected chi connectivity index (χ0v) is 46.1. The maximum atomic E-state index is 13.0. The molecule has 0 radical (unpaired) electrons. The van der Waals surface area contributed by atoms with Crippen LogP contribution in [0.25, 0.3) is 0 Å². The number of aliphatic hydroxyl groups excluding tert-OH is 5. The highest BCUT2D eigenvalue weighted by Gasteiger charge is 2.44. The van der Waals surface area contributed by atoms with E-state index in [0.717, 1.165) is 77.0 Å². The predicted molar refractivity (Wildman–Crippen MR) is 297 cm³/mol. The van der Waals surface area contributed by atoms with Gasteiger partial charge in [0.15, 0.2) is 6.29 Å². The van der Waals surface area contributed by atoms with Crippen molar-refractivity contribution in [2.24, 2.45) is 0 Å². The molecular weight excluding hydrogens is 907 g/mol. The van der Waals surface area contributed by atoms with Gasteiger partial charge in [0.2, 0.25) is 5.91 Å². The lowest BCUT2D eigenvalue weighted by Gasteiger charge is -2.40. The third-order valence-corrected chi connectivity index (χ3v) is 14.0. The van der Waals surface area contributed by atoms with E-state index in [4.69, 9.17) is 14.2 Å². The van der Waals surface area contributed by atoms with E-state index in [9.17, 15) is 35.1 Å². The molecule has 0 aromatic heterocycles. The van der Waals surface area contributed by atoms with E-state index >= 15 is 0 Å². The molecule has 1 heterocycles. The first kappa shape index (κ1) is 67.6. The Bertz CT molecular complexity index is 1340. The van der Waals surface area contributed by atoms with Crippen LogP contribution < -0.4 is 5.32 Å². The van der Waals surface area contributed by atoms with Crippen LogP contribution >= 0.6 is 0 Å². The number of carbonyl (C=O) groups excluding carboxylic acids is 2. The molecule has 7 atom stereocenters. The molecule has 11 nitrogen and oxygen atoms in total. The maximum absolute atomic E-state index is 13.0. The summed E-state index contributed by atoms with van der Waals surface area (Å²) in [5.74, 6) is -0.215. The van der Waals surface area contributed by atoms with Crippen LogP contribution in [0.5, 0.6) is 0 Å². The normalized spacial score (nSPS) is 19.3. The summed E-state index contributed by atoms with van der Waals surface area (Å²) in [7, 11) is 0. The van der Waals surface area contributed by atoms with Crippen molar-refractivity contribution in [1.29, 1.82) is 0 Å². The van der Waals surface area contributed by atoms with Crippen LogP contribution in [-0.4, -0.2) is 100 Å². The number of nitrogens with one attached hydrogen (secondary N) is 1. The first-order valence-electron chi connectivity index (χ1n) is 29.9. The Hall–Kier alpha value is -2.38. The maximum Gasteiger partial charge on any atom is 0.305 e. The molecule has 1 rings (SSSR count). The number of allylic oxidation sites excluding steroid dienone is 7. The second-order valence-corrected chi connectivity index (χ2v) is 20.7. The van der Waals surface area contributed by atoms with Crippen molar-refractivity contribution in [3.05, 3.63) is 48.6 Å². The van der Waals surface area contributed by atoms with E-state index in [1.807, 2.05) is 19.1 Å². The van der Waals surface area contributed by atoms with E-state index in [2.05, 4.69) is 42.6 Å². The average molecular weight is 1020 g/mol. The number of amides is 1. The number of hydrogen-bond donors (Lipinski definition) is 6. The van der Waals surface area contributed by atoms with Gasteiger partial charge in [0, 0.05) is 12.8 Å². The molecule has 1 saturated heterocycles. The summed E-state index contributed by atoms with van der Waals surface area (Å²) in [5, 5.41) is 54.1. The van der Waals surface area contributed by atoms with Gasteiger partial charge >= 0.3 is 5.97 Å². The summed E-state index contributed by atoms with van der Waals surface area (Å²) in [4.78, 5) is 25.0. The predicted octanol–water partition coefficient (Wildman–Crippen LogP) is 13.7. The summed E-state index contributed by atoms with van der Waals surface area (Å²) in [6.45, 7) is 4.08. The van der Waals surface area contributed by atoms with Gasteiger partial charge in [-0.25, -0.2) is 0 Å². The highest BCUT2D eigenvalue weighted by atomic mass is 16.7. The monoisotopic (exact) mass is 1020 g/mol. The number of esters is 1. The SMILES string of the molecule is C/C=C/CC/C=C/CC/C=C/C(O)C(COC1OC(CO)C(O)C(O)C1O)NC(=O)CCCCCCCCC/C=C\CCCCCCCCCCCOC(=O)CCCCCCCCCCCCCCCCC. The number of hydrogen-bond acceptors (Lipinski definition) is 10. The second kappa shape index (κ2) is 50.8. The summed E-state index contributed by atoms with van der Waals surface area (Å²) in [6.07, 6.45) is 53.8. The fourth-order valence-corrected chi connectivity index (χ4v) is 9.23. The molecule has 1 amide bonds. The Morgan fingerprint density at radius 3 is 1.46 bits per heavy atom. The molecule has 1 aliphatic heterocycles. The van der Waals surface area contributed by atoms with Gasteiger partial charge in [-0.2, -0.15) is 0 Å². The molecule has 1 aliphatic rings. The molecule has 0 saturated carbocycles. The van der Waals surface area contributed by atoms with Crippen molar-refractivity contribution in [2.45, 2.75) is 307 Å². The molecule has 0 aromatic rings. The molecule has 0 bridgehead atoms. The van der Waals surface area contributed by atoms with Crippen LogP contribution in [0.4, 0.5) is 0 Å². The summed E-state index contributed by atoms with van der Waals surface area (Å²) in [6, 6.07) is -0.840. The van der Waals surface area contributed by atoms with Crippen molar-refractivity contribution >= 4 is 11.9 Å². The van der Waals surface area contributed by atoms with Gasteiger partial charge < -0.3 is 45.1 Å². The fraction of sp³-hybridized carbons (Fsp3) is 0.836. The van der Waals surface area contributed by atoms with Crippen molar-refractivity contribution in [1.82, 2.24) is 5.32 Å². The molecule has 1 fully saturated rings. The van der Waals surface area contributed by atoms with Gasteiger partial charge in [-0.05, 0) is 77.6 Å². The van der Waals surface area contributed by atoms with Gasteiger partial charge in [-0.15, -0.1) is 0 Å². The van der Waals surface area contributed by atoms with E-state index < -0.39 is 49.5 Å². The van der Waals surface area contributed by atoms with Crippen LogP contribution in [0.1, 0.15) is 264 Å². The average Bonchev–Trinajstić information content (AvgIpc) is 3.38. The first-order chi connectivity index (χ1) is 35.2. The minimum absolute atomic E-state index is 0.00642. The zero-order valence-electron chi connectivity index (χ0n) is 46.1. The second-order valence-electron chi connectivity index (χ2n) is 20.7. The lowest BCUT2D eigenvalue weighted by atomic mass is 9.99. The number of carbonyl (C=O) groups is 2. The molecule has 0 aliphatic carbocycles. The Labute approximate surface area is 440 Å². The number of aliphatic hydroxyl groups is 5. The van der Waals surface area contributed by atoms with Crippen LogP contribution in [0.15, 0.2) is 48.6 Å². The van der Waals surface area contributed by atoms with Gasteiger partial charge in [0.05, 0.1) is 32.0 Å². The van der Waals surface area contributed by atoms with Crippen LogP contribution in [-0.2, 0) is 23.8 Å². The Morgan fingerprint density at radius 2 is 0.958 bits per heavy atom. The molecular formula is C61H111NO10. The zero-order chi connectivity index (χ0) is 52.4. The Morgan fingerprint density at radius 1 is 0.528 bits per heavy atom. The summed E-state index contributed by atoms with van der Waals surface area (Å²) < 4.78 is 16.7. The smallest absolute Gasteiger partial charge is 0.305 e. The quantitative estimate of drug-likeness (QED) is 0.0195. The van der Waals surface area contributed by atoms with Crippen LogP contribution in [0.2, 0.25) is 0 Å². The molecule has 72 heavy (non-hydrogen) atoms. The number of ether oxygens (including phenoxy) is 3. The van der Waals surface area contributed by atoms with E-state index in [1.54, 1.807) is 6.08 Å². The van der Waals surface area contributed by atoms with Crippen molar-refractivity contribution < 1.29 is 49.3 Å². The van der Waals surface area contributed by atoms with E-state index in [0.29, 0.717) is 25.9 Å². The molecule has 11 heteroatoms. The van der Waals surface area contributed by atoms with E-state index in [-0.39, 0.29) is 18.5 Å². The minimum atomic E-state index is -1.58. The van der Waals surface area contributed by atoms with E-state index in [1.165, 1.54) is 154 Å². The van der Waals surface area contributed by atoms with Crippen molar-refractivity contribution in [3.63, 3.8) is 0 Å². The fourth-order valence-electron chi connectivity index (χ4n) is 9.23. The van der Waals surface area contributed by atoms with Gasteiger partial charge in [-0.1, -0.05) is 222 Å². The Balaban J connectivity index is 2.02. The lowest BCUT2D eigenvalue weighted by molar-refractivity contribution is -0.302. The number of unbranched alkanes of at least 4 members (excludes halogenated alkanes) is 32. The molecule has 0 aromatic carbocycles. The van der Waals surface area contributed by atoms with Gasteiger partial charge in [-0.3, -0.25) is 9.59 Å². The molecule has 420 valence electrons. The number of rotatable bonds is 51. The third-order valence-electron chi connectivity index (χ3n) is 14.0. The molecule has 0 spiro atoms. The molecule has 6 N–H and O–H groups in total. The highest BCUT2D eigenvalue weighted by Crippen LogP contribution is 2.23. The highest BCUT2D eigenvalue weighted by molar-refractivity contribution is 5.76. The summed E-state index contributed by atoms with van der Waals surface area (Å²) in [5.41, 5.74) is 0. The van der Waals surface area contributed by atoms with Crippen LogP contribution in [0.3, 0.4) is 0 Å². The summed E-state index contributed by atoms with van der Waals surface area (Å²) >= 11 is 0. The Kier molecular flexibility index (Phi) is 47.7. The minimum Gasteiger partial charge on any atom is -0.466 e. The largest absolute Gasteiger partial charge is 0.466 e.